The molecule has 0 spiro atoms. The number of phenolic OH excluding ortho intramolecular Hbond substituents is 1. The van der Waals surface area contributed by atoms with Gasteiger partial charge in [-0.2, -0.15) is 0 Å². The Hall–Kier alpha value is -4.28. The molecule has 0 aliphatic carbocycles. The highest BCUT2D eigenvalue weighted by atomic mass is 16.3. The van der Waals surface area contributed by atoms with E-state index in [9.17, 15) is 5.11 Å². The minimum atomic E-state index is 0.228. The standard InChI is InChI=1S/C44H59N5O/c1-5-7-9-10-11-12-13-14-15-16-17-18-19-32-42-45-46-44-39(43(47-49(42)44)38-28-23-25-31-41(38)50)29-21-20-26-36-34(3)35(4)48(33-8-6-2)40-30-24-22-27-37(36)40/h20,22-31,47,50H,5-19,32-33H2,1-4H3. The van der Waals surface area contributed by atoms with Gasteiger partial charge in [0.15, 0.2) is 11.5 Å². The molecule has 1 aliphatic rings. The van der Waals surface area contributed by atoms with Crippen molar-refractivity contribution in [1.82, 2.24) is 19.8 Å². The molecule has 2 aromatic heterocycles. The Kier molecular flexibility index (Phi) is 14.2. The molecular formula is C44H59N5O. The number of aromatic hydroxyl groups is 1. The van der Waals surface area contributed by atoms with Gasteiger partial charge in [0.25, 0.3) is 0 Å². The van der Waals surface area contributed by atoms with Crippen LogP contribution in [0.5, 0.6) is 5.75 Å². The van der Waals surface area contributed by atoms with Crippen LogP contribution in [0.15, 0.2) is 77.7 Å². The largest absolute Gasteiger partial charge is 0.507 e. The first kappa shape index (κ1) is 37.0. The molecule has 6 heteroatoms. The van der Waals surface area contributed by atoms with Gasteiger partial charge in [-0.05, 0) is 74.3 Å². The van der Waals surface area contributed by atoms with Crippen LogP contribution in [0.1, 0.15) is 141 Å². The number of nitrogens with zero attached hydrogens (tertiary/aromatic N) is 4. The Morgan fingerprint density at radius 3 is 2.04 bits per heavy atom. The van der Waals surface area contributed by atoms with E-state index in [0.717, 1.165) is 54.1 Å². The van der Waals surface area contributed by atoms with Gasteiger partial charge in [0, 0.05) is 35.5 Å². The maximum absolute atomic E-state index is 10.8. The smallest absolute Gasteiger partial charge is 0.185 e. The highest BCUT2D eigenvalue weighted by molar-refractivity contribution is 5.91. The summed E-state index contributed by atoms with van der Waals surface area (Å²) >= 11 is 0. The highest BCUT2D eigenvalue weighted by Gasteiger charge is 2.23. The molecule has 3 heterocycles. The number of aromatic amines is 1. The van der Waals surface area contributed by atoms with E-state index in [1.807, 2.05) is 34.9 Å². The lowest BCUT2D eigenvalue weighted by Crippen LogP contribution is -2.27. The van der Waals surface area contributed by atoms with Crippen molar-refractivity contribution >= 4 is 23.0 Å². The molecule has 0 saturated heterocycles. The first-order valence-electron chi connectivity index (χ1n) is 19.5. The van der Waals surface area contributed by atoms with Gasteiger partial charge in [-0.1, -0.05) is 128 Å². The van der Waals surface area contributed by atoms with Crippen LogP contribution in [0.4, 0.5) is 5.69 Å². The molecule has 0 saturated carbocycles. The zero-order chi connectivity index (χ0) is 35.1. The number of allylic oxidation sites excluding steroid dienone is 5. The molecule has 0 atom stereocenters. The van der Waals surface area contributed by atoms with Gasteiger partial charge in [-0.3, -0.25) is 5.10 Å². The van der Waals surface area contributed by atoms with Gasteiger partial charge < -0.3 is 10.0 Å². The van der Waals surface area contributed by atoms with E-state index in [-0.39, 0.29) is 5.75 Å². The lowest BCUT2D eigenvalue weighted by Gasteiger charge is -2.34. The fraction of sp³-hybridized carbons (Fsp3) is 0.477. The maximum atomic E-state index is 10.8. The molecule has 50 heavy (non-hydrogen) atoms. The summed E-state index contributed by atoms with van der Waals surface area (Å²) in [7, 11) is 0. The van der Waals surface area contributed by atoms with Crippen molar-refractivity contribution in [2.24, 2.45) is 0 Å². The first-order chi connectivity index (χ1) is 24.5. The number of benzene rings is 2. The summed E-state index contributed by atoms with van der Waals surface area (Å²) in [4.78, 5) is 2.46. The number of hydrogen-bond donors (Lipinski definition) is 2. The maximum Gasteiger partial charge on any atom is 0.185 e. The fourth-order valence-corrected chi connectivity index (χ4v) is 7.18. The topological polar surface area (TPSA) is 69.4 Å². The summed E-state index contributed by atoms with van der Waals surface area (Å²) in [5, 5.41) is 23.5. The molecule has 0 bridgehead atoms. The van der Waals surface area contributed by atoms with Crippen LogP contribution < -0.4 is 4.90 Å². The van der Waals surface area contributed by atoms with Gasteiger partial charge in [-0.25, -0.2) is 4.52 Å². The van der Waals surface area contributed by atoms with Gasteiger partial charge >= 0.3 is 0 Å². The number of nitrogens with one attached hydrogen (secondary N) is 1. The zero-order valence-electron chi connectivity index (χ0n) is 31.1. The van der Waals surface area contributed by atoms with E-state index in [2.05, 4.69) is 84.0 Å². The van der Waals surface area contributed by atoms with E-state index in [1.165, 1.54) is 112 Å². The number of phenols is 1. The number of unbranched alkanes of at least 4 members (excludes halogenated alkanes) is 13. The van der Waals surface area contributed by atoms with Gasteiger partial charge in [0.05, 0.1) is 11.3 Å². The molecular weight excluding hydrogens is 615 g/mol. The SMILES string of the molecule is CCCCCCCCCCCCCCCc1nnc2c(C=C=CC=C3C(C)=C(C)N(CCCC)c4ccccc43)c(-c3ccccc3O)[nH]n12. The van der Waals surface area contributed by atoms with Gasteiger partial charge in [-0.15, -0.1) is 15.9 Å². The predicted molar refractivity (Wildman–Crippen MR) is 211 cm³/mol. The second-order valence-corrected chi connectivity index (χ2v) is 14.0. The molecule has 2 aromatic carbocycles. The highest BCUT2D eigenvalue weighted by Crippen LogP contribution is 2.40. The van der Waals surface area contributed by atoms with Crippen molar-refractivity contribution in [2.75, 3.05) is 11.4 Å². The van der Waals surface area contributed by atoms with Crippen molar-refractivity contribution < 1.29 is 5.11 Å². The van der Waals surface area contributed by atoms with E-state index >= 15 is 0 Å². The number of H-pyrrole nitrogens is 1. The minimum absolute atomic E-state index is 0.228. The van der Waals surface area contributed by atoms with Crippen molar-refractivity contribution in [1.29, 1.82) is 0 Å². The van der Waals surface area contributed by atoms with Crippen LogP contribution >= 0.6 is 0 Å². The van der Waals surface area contributed by atoms with Crippen LogP contribution in [0.3, 0.4) is 0 Å². The van der Waals surface area contributed by atoms with Crippen LogP contribution in [0, 0.1) is 0 Å². The Morgan fingerprint density at radius 1 is 0.740 bits per heavy atom. The van der Waals surface area contributed by atoms with E-state index < -0.39 is 0 Å². The predicted octanol–water partition coefficient (Wildman–Crippen LogP) is 12.2. The molecule has 5 rings (SSSR count). The molecule has 0 amide bonds. The quantitative estimate of drug-likeness (QED) is 0.0723. The third kappa shape index (κ3) is 9.28. The Balaban J connectivity index is 1.28. The lowest BCUT2D eigenvalue weighted by molar-refractivity contribution is 0.477. The molecule has 0 unspecified atom stereocenters. The molecule has 266 valence electrons. The average molecular weight is 674 g/mol. The van der Waals surface area contributed by atoms with E-state index in [4.69, 9.17) is 0 Å². The average Bonchev–Trinajstić information content (AvgIpc) is 3.69. The second kappa shape index (κ2) is 19.2. The number of aromatic nitrogens is 4. The number of fused-ring (bicyclic) bond motifs is 2. The Morgan fingerprint density at radius 2 is 1.36 bits per heavy atom. The molecule has 4 aromatic rings. The third-order valence-corrected chi connectivity index (χ3v) is 10.3. The number of rotatable bonds is 20. The lowest BCUT2D eigenvalue weighted by atomic mass is 9.91. The molecule has 1 aliphatic heterocycles. The Bertz CT molecular complexity index is 1800. The van der Waals surface area contributed by atoms with Crippen molar-refractivity contribution in [3.05, 3.63) is 94.6 Å². The number of aryl methyl sites for hydroxylation is 1. The summed E-state index contributed by atoms with van der Waals surface area (Å²) in [5.41, 5.74) is 12.9. The molecule has 0 fully saturated rings. The van der Waals surface area contributed by atoms with Crippen molar-refractivity contribution in [3.63, 3.8) is 0 Å². The van der Waals surface area contributed by atoms with E-state index in [1.54, 1.807) is 6.07 Å². The monoisotopic (exact) mass is 673 g/mol. The van der Waals surface area contributed by atoms with Crippen LogP contribution in [0.25, 0.3) is 28.6 Å². The third-order valence-electron chi connectivity index (χ3n) is 10.3. The van der Waals surface area contributed by atoms with Crippen LogP contribution in [-0.2, 0) is 6.42 Å². The summed E-state index contributed by atoms with van der Waals surface area (Å²) in [6.07, 6.45) is 26.7. The fourth-order valence-electron chi connectivity index (χ4n) is 7.18. The van der Waals surface area contributed by atoms with Crippen LogP contribution in [0.2, 0.25) is 0 Å². The van der Waals surface area contributed by atoms with Gasteiger partial charge in [0.1, 0.15) is 5.75 Å². The number of anilines is 1. The number of hydrogen-bond acceptors (Lipinski definition) is 4. The Labute approximate surface area is 300 Å². The molecule has 6 nitrogen and oxygen atoms in total. The van der Waals surface area contributed by atoms with Gasteiger partial charge in [0.2, 0.25) is 0 Å². The minimum Gasteiger partial charge on any atom is -0.507 e. The summed E-state index contributed by atoms with van der Waals surface area (Å²) in [5.74, 6) is 1.15. The summed E-state index contributed by atoms with van der Waals surface area (Å²) in [6, 6.07) is 16.1. The number of para-hydroxylation sites is 2. The zero-order valence-corrected chi connectivity index (χ0v) is 31.1. The molecule has 0 radical (unpaired) electrons. The second-order valence-electron chi connectivity index (χ2n) is 14.0. The normalized spacial score (nSPS) is 13.7. The summed E-state index contributed by atoms with van der Waals surface area (Å²) < 4.78 is 1.99. The first-order valence-corrected chi connectivity index (χ1v) is 19.5. The van der Waals surface area contributed by atoms with E-state index in [0.29, 0.717) is 0 Å². The molecule has 2 N–H and O–H groups in total. The van der Waals surface area contributed by atoms with Crippen molar-refractivity contribution in [2.45, 2.75) is 130 Å². The summed E-state index contributed by atoms with van der Waals surface area (Å²) in [6.45, 7) is 10.00. The van der Waals surface area contributed by atoms with Crippen LogP contribution in [-0.4, -0.2) is 31.5 Å². The van der Waals surface area contributed by atoms with Crippen molar-refractivity contribution in [3.8, 4) is 17.0 Å².